The summed E-state index contributed by atoms with van der Waals surface area (Å²) in [5.74, 6) is -1.81. The second-order valence-corrected chi connectivity index (χ2v) is 17.7. The largest absolute Gasteiger partial charge is 1.00 e. The molecule has 0 aliphatic rings. The summed E-state index contributed by atoms with van der Waals surface area (Å²) in [6.45, 7) is 4.76. The van der Waals surface area contributed by atoms with Crippen LogP contribution in [-0.2, 0) is 19.6 Å². The van der Waals surface area contributed by atoms with Gasteiger partial charge in [-0.05, 0) is 76.3 Å². The van der Waals surface area contributed by atoms with Crippen LogP contribution in [0.5, 0.6) is 0 Å². The number of ether oxygens (including phenoxy) is 2. The third-order valence-corrected chi connectivity index (χ3v) is 11.9. The molecule has 0 radical (unpaired) electrons. The van der Waals surface area contributed by atoms with Crippen molar-refractivity contribution in [3.05, 3.63) is 53.6 Å². The molecule has 0 atom stereocenters. The Kier molecular flexibility index (Phi) is 40.9. The topological polar surface area (TPSA) is 110 Å². The van der Waals surface area contributed by atoms with E-state index in [0.29, 0.717) is 12.8 Å². The van der Waals surface area contributed by atoms with Crippen LogP contribution in [0.2, 0.25) is 0 Å². The van der Waals surface area contributed by atoms with Crippen molar-refractivity contribution in [2.75, 3.05) is 13.2 Å². The van der Waals surface area contributed by atoms with Crippen LogP contribution in [0.3, 0.4) is 0 Å². The minimum Gasteiger partial charge on any atom is -0.744 e. The number of unbranched alkanes of at least 4 members (excludes halogenated alkanes) is 30. The fourth-order valence-electron chi connectivity index (χ4n) is 7.36. The Labute approximate surface area is 385 Å². The standard InChI is InChI=1S/C50H86O7S.Na/c1-3-5-7-9-11-13-15-17-19-21-23-25-27-29-31-33-35-37-39-44-56-49(51)46-42-41-43-47(58(53,54)55)48(46)50(52)57-45-40-38-36-34-32-30-28-26-24-22-20-18-16-14-12-10-8-6-4-2;/h15-18,41-43H,3-14,19-40,44-45H2,1-2H3,(H,53,54,55);/q;+1/p-1/b17-15+,18-16+;. The number of benzene rings is 1. The first kappa shape index (κ1) is 57.5. The van der Waals surface area contributed by atoms with Gasteiger partial charge in [0.1, 0.15) is 10.1 Å². The number of carbonyl (C=O) groups excluding carboxylic acids is 2. The molecular weight excluding hydrogens is 768 g/mol. The summed E-state index contributed by atoms with van der Waals surface area (Å²) in [5, 5.41) is 0. The summed E-state index contributed by atoms with van der Waals surface area (Å²) < 4.78 is 46.9. The molecule has 0 aliphatic carbocycles. The molecule has 0 spiro atoms. The molecule has 0 bridgehead atoms. The third kappa shape index (κ3) is 33.8. The predicted molar refractivity (Wildman–Crippen MR) is 242 cm³/mol. The van der Waals surface area contributed by atoms with E-state index in [1.165, 1.54) is 179 Å². The summed E-state index contributed by atoms with van der Waals surface area (Å²) in [7, 11) is -5.02. The Morgan fingerprint density at radius 2 is 0.780 bits per heavy atom. The SMILES string of the molecule is CCCCCCC/C=C/CCCCCCCCCCCCOC(=O)c1cccc(S(=O)(=O)[O-])c1C(=O)OCCCCCCCCCCCC/C=C/CCCCCCC.[Na+]. The van der Waals surface area contributed by atoms with Gasteiger partial charge < -0.3 is 14.0 Å². The average molecular weight is 853 g/mol. The molecular formula is C50H85NaO7S. The van der Waals surface area contributed by atoms with E-state index in [9.17, 15) is 22.6 Å². The summed E-state index contributed by atoms with van der Waals surface area (Å²) in [4.78, 5) is 25.3. The molecule has 0 N–H and O–H groups in total. The number of hydrogen-bond donors (Lipinski definition) is 0. The van der Waals surface area contributed by atoms with E-state index >= 15 is 0 Å². The molecule has 0 fully saturated rings. The number of allylic oxidation sites excluding steroid dienone is 4. The van der Waals surface area contributed by atoms with Crippen LogP contribution in [0.1, 0.15) is 253 Å². The Morgan fingerprint density at radius 1 is 0.475 bits per heavy atom. The van der Waals surface area contributed by atoms with E-state index in [1.807, 2.05) is 0 Å². The van der Waals surface area contributed by atoms with E-state index in [-0.39, 0.29) is 48.3 Å². The quantitative estimate of drug-likeness (QED) is 0.0212. The van der Waals surface area contributed by atoms with E-state index in [1.54, 1.807) is 0 Å². The summed E-state index contributed by atoms with van der Waals surface area (Å²) in [5.41, 5.74) is -0.777. The second-order valence-electron chi connectivity index (χ2n) is 16.4. The van der Waals surface area contributed by atoms with Crippen molar-refractivity contribution in [1.29, 1.82) is 0 Å². The smallest absolute Gasteiger partial charge is 0.744 e. The van der Waals surface area contributed by atoms with Gasteiger partial charge in [-0.25, -0.2) is 18.0 Å². The molecule has 1 aromatic rings. The minimum atomic E-state index is -5.02. The summed E-state index contributed by atoms with van der Waals surface area (Å²) in [6, 6.07) is 3.64. The van der Waals surface area contributed by atoms with Crippen molar-refractivity contribution in [3.8, 4) is 0 Å². The number of esters is 2. The number of hydrogen-bond acceptors (Lipinski definition) is 7. The van der Waals surface area contributed by atoms with Crippen molar-refractivity contribution in [2.24, 2.45) is 0 Å². The maximum absolute atomic E-state index is 13.0. The molecule has 7 nitrogen and oxygen atoms in total. The zero-order valence-electron chi connectivity index (χ0n) is 38.3. The molecule has 1 rings (SSSR count). The van der Waals surface area contributed by atoms with Crippen LogP contribution in [0.15, 0.2) is 47.4 Å². The first-order valence-electron chi connectivity index (χ1n) is 24.1. The summed E-state index contributed by atoms with van der Waals surface area (Å²) in [6.07, 6.45) is 50.3. The van der Waals surface area contributed by atoms with Gasteiger partial charge in [0.2, 0.25) is 0 Å². The Morgan fingerprint density at radius 3 is 1.12 bits per heavy atom. The molecule has 0 heterocycles. The van der Waals surface area contributed by atoms with Crippen LogP contribution in [0.25, 0.3) is 0 Å². The van der Waals surface area contributed by atoms with Crippen LogP contribution < -0.4 is 29.6 Å². The molecule has 0 aliphatic heterocycles. The van der Waals surface area contributed by atoms with Crippen molar-refractivity contribution < 1.29 is 61.6 Å². The Bertz CT molecular complexity index is 1310. The van der Waals surface area contributed by atoms with Crippen LogP contribution in [-0.4, -0.2) is 38.1 Å². The Hall–Kier alpha value is -1.45. The number of rotatable bonds is 41. The fourth-order valence-corrected chi connectivity index (χ4v) is 8.05. The Balaban J connectivity index is 0.0000336. The third-order valence-electron chi connectivity index (χ3n) is 11.0. The van der Waals surface area contributed by atoms with Crippen LogP contribution in [0, 0.1) is 0 Å². The zero-order valence-corrected chi connectivity index (χ0v) is 41.1. The van der Waals surface area contributed by atoms with E-state index in [2.05, 4.69) is 38.2 Å². The van der Waals surface area contributed by atoms with Gasteiger partial charge >= 0.3 is 41.5 Å². The number of carbonyl (C=O) groups is 2. The molecule has 0 unspecified atom stereocenters. The molecule has 0 amide bonds. The van der Waals surface area contributed by atoms with E-state index in [0.717, 1.165) is 44.6 Å². The van der Waals surface area contributed by atoms with Crippen molar-refractivity contribution in [1.82, 2.24) is 0 Å². The fraction of sp³-hybridized carbons (Fsp3) is 0.760. The van der Waals surface area contributed by atoms with Gasteiger partial charge in [0, 0.05) is 0 Å². The molecule has 9 heteroatoms. The van der Waals surface area contributed by atoms with Gasteiger partial charge in [0.05, 0.1) is 29.2 Å². The van der Waals surface area contributed by atoms with Crippen molar-refractivity contribution >= 4 is 22.1 Å². The van der Waals surface area contributed by atoms with Gasteiger partial charge in [-0.2, -0.15) is 0 Å². The van der Waals surface area contributed by atoms with Crippen LogP contribution in [0.4, 0.5) is 0 Å². The minimum absolute atomic E-state index is 0. The van der Waals surface area contributed by atoms with E-state index < -0.39 is 32.5 Å². The monoisotopic (exact) mass is 853 g/mol. The average Bonchev–Trinajstić information content (AvgIpc) is 3.21. The zero-order chi connectivity index (χ0) is 42.2. The molecule has 0 saturated carbocycles. The molecule has 0 saturated heterocycles. The second kappa shape index (κ2) is 41.9. The summed E-state index contributed by atoms with van der Waals surface area (Å²) >= 11 is 0. The molecule has 1 aromatic carbocycles. The van der Waals surface area contributed by atoms with Crippen LogP contribution >= 0.6 is 0 Å². The first-order valence-corrected chi connectivity index (χ1v) is 25.5. The predicted octanol–water partition coefficient (Wildman–Crippen LogP) is 12.3. The molecule has 334 valence electrons. The van der Waals surface area contributed by atoms with E-state index in [4.69, 9.17) is 9.47 Å². The first-order chi connectivity index (χ1) is 28.3. The maximum Gasteiger partial charge on any atom is 1.00 e. The van der Waals surface area contributed by atoms with Gasteiger partial charge in [-0.1, -0.05) is 198 Å². The molecule has 59 heavy (non-hydrogen) atoms. The van der Waals surface area contributed by atoms with Gasteiger partial charge in [-0.15, -0.1) is 0 Å². The van der Waals surface area contributed by atoms with Crippen molar-refractivity contribution in [2.45, 2.75) is 237 Å². The normalized spacial score (nSPS) is 11.7. The maximum atomic E-state index is 13.0. The van der Waals surface area contributed by atoms with Gasteiger partial charge in [0.25, 0.3) is 0 Å². The van der Waals surface area contributed by atoms with Crippen molar-refractivity contribution in [3.63, 3.8) is 0 Å². The molecule has 0 aromatic heterocycles. The van der Waals surface area contributed by atoms with Gasteiger partial charge in [0.15, 0.2) is 0 Å². The van der Waals surface area contributed by atoms with Gasteiger partial charge in [-0.3, -0.25) is 0 Å².